The van der Waals surface area contributed by atoms with Crippen molar-refractivity contribution in [1.29, 1.82) is 0 Å². The van der Waals surface area contributed by atoms with Crippen LogP contribution in [-0.4, -0.2) is 18.1 Å². The molecule has 0 aliphatic heterocycles. The molecule has 21 heavy (non-hydrogen) atoms. The number of anilines is 1. The van der Waals surface area contributed by atoms with Gasteiger partial charge in [-0.2, -0.15) is 0 Å². The second kappa shape index (κ2) is 6.15. The van der Waals surface area contributed by atoms with E-state index < -0.39 is 23.7 Å². The van der Waals surface area contributed by atoms with Crippen molar-refractivity contribution in [3.8, 4) is 0 Å². The van der Waals surface area contributed by atoms with Gasteiger partial charge in [-0.15, -0.1) is 0 Å². The van der Waals surface area contributed by atoms with E-state index >= 15 is 0 Å². The van der Waals surface area contributed by atoms with Gasteiger partial charge in [0.05, 0.1) is 0 Å². The van der Waals surface area contributed by atoms with E-state index in [0.717, 1.165) is 0 Å². The minimum absolute atomic E-state index is 0.0378. The number of carbonyl (C=O) groups is 1. The van der Waals surface area contributed by atoms with Crippen LogP contribution < -0.4 is 11.1 Å². The predicted molar refractivity (Wildman–Crippen MR) is 78.9 cm³/mol. The molecule has 0 heterocycles. The van der Waals surface area contributed by atoms with Crippen LogP contribution in [0.2, 0.25) is 5.02 Å². The number of halogens is 3. The number of nitrogens with one attached hydrogen (secondary N) is 1. The van der Waals surface area contributed by atoms with E-state index in [4.69, 9.17) is 22.1 Å². The van der Waals surface area contributed by atoms with Gasteiger partial charge in [-0.3, -0.25) is 5.32 Å². The Morgan fingerprint density at radius 3 is 2.38 bits per heavy atom. The Morgan fingerprint density at radius 1 is 1.33 bits per heavy atom. The number of ether oxygens (including phenoxy) is 1. The van der Waals surface area contributed by atoms with Gasteiger partial charge in [-0.05, 0) is 45.9 Å². The molecule has 4 nitrogen and oxygen atoms in total. The van der Waals surface area contributed by atoms with Crippen molar-refractivity contribution in [3.05, 3.63) is 28.8 Å². The van der Waals surface area contributed by atoms with Gasteiger partial charge in [0.25, 0.3) is 6.43 Å². The van der Waals surface area contributed by atoms with Crippen LogP contribution >= 0.6 is 11.6 Å². The second-order valence-electron chi connectivity index (χ2n) is 5.90. The molecule has 118 valence electrons. The molecule has 0 spiro atoms. The highest BCUT2D eigenvalue weighted by atomic mass is 35.5. The Kier molecular flexibility index (Phi) is 5.17. The van der Waals surface area contributed by atoms with E-state index in [1.54, 1.807) is 20.8 Å². The first-order valence-electron chi connectivity index (χ1n) is 6.30. The average molecular weight is 321 g/mol. The zero-order valence-electron chi connectivity index (χ0n) is 12.3. The smallest absolute Gasteiger partial charge is 0.412 e. The summed E-state index contributed by atoms with van der Waals surface area (Å²) in [5, 5.41) is 2.67. The normalized spacial score (nSPS) is 14.7. The van der Waals surface area contributed by atoms with E-state index in [1.807, 2.05) is 0 Å². The lowest BCUT2D eigenvalue weighted by molar-refractivity contribution is 0.0605. The molecule has 0 saturated carbocycles. The summed E-state index contributed by atoms with van der Waals surface area (Å²) < 4.78 is 31.3. The van der Waals surface area contributed by atoms with Crippen LogP contribution in [0.4, 0.5) is 19.3 Å². The van der Waals surface area contributed by atoms with Crippen molar-refractivity contribution in [2.24, 2.45) is 5.73 Å². The summed E-state index contributed by atoms with van der Waals surface area (Å²) in [7, 11) is 0. The van der Waals surface area contributed by atoms with Crippen LogP contribution in [0.3, 0.4) is 0 Å². The van der Waals surface area contributed by atoms with Crippen molar-refractivity contribution in [3.63, 3.8) is 0 Å². The zero-order valence-corrected chi connectivity index (χ0v) is 13.1. The summed E-state index contributed by atoms with van der Waals surface area (Å²) in [6.07, 6.45) is -3.58. The highest BCUT2D eigenvalue weighted by Crippen LogP contribution is 2.33. The number of alkyl halides is 2. The summed E-state index contributed by atoms with van der Waals surface area (Å²) in [5.41, 5.74) is 3.18. The molecule has 1 rings (SSSR count). The lowest BCUT2D eigenvalue weighted by atomic mass is 9.92. The fourth-order valence-corrected chi connectivity index (χ4v) is 1.77. The van der Waals surface area contributed by atoms with Crippen molar-refractivity contribution < 1.29 is 18.3 Å². The molecule has 0 aromatic heterocycles. The molecule has 0 bridgehead atoms. The van der Waals surface area contributed by atoms with Crippen molar-refractivity contribution in [2.75, 3.05) is 5.32 Å². The standard InChI is InChI=1S/C14H19ClF2N2O2/c1-13(2,3)21-12(20)19-10-6-5-8(15)7-9(10)14(4,18)11(16)17/h5-7,11H,18H2,1-4H3,(H,19,20). The molecule has 1 unspecified atom stereocenters. The largest absolute Gasteiger partial charge is 0.444 e. The van der Waals surface area contributed by atoms with Crippen molar-refractivity contribution in [2.45, 2.75) is 45.3 Å². The maximum Gasteiger partial charge on any atom is 0.412 e. The van der Waals surface area contributed by atoms with E-state index in [2.05, 4.69) is 5.32 Å². The first kappa shape index (κ1) is 17.7. The molecular weight excluding hydrogens is 302 g/mol. The number of hydrogen-bond donors (Lipinski definition) is 2. The highest BCUT2D eigenvalue weighted by molar-refractivity contribution is 6.30. The third kappa shape index (κ3) is 4.82. The lowest BCUT2D eigenvalue weighted by Gasteiger charge is -2.27. The van der Waals surface area contributed by atoms with Gasteiger partial charge in [-0.1, -0.05) is 11.6 Å². The summed E-state index contributed by atoms with van der Waals surface area (Å²) in [6.45, 7) is 6.26. The Hall–Kier alpha value is -1.40. The SMILES string of the molecule is CC(C)(C)OC(=O)Nc1ccc(Cl)cc1C(C)(N)C(F)F. The van der Waals surface area contributed by atoms with Crippen LogP contribution in [0.15, 0.2) is 18.2 Å². The number of hydrogen-bond acceptors (Lipinski definition) is 3. The molecule has 0 aliphatic rings. The van der Waals surface area contributed by atoms with Gasteiger partial charge >= 0.3 is 6.09 Å². The zero-order chi connectivity index (χ0) is 16.4. The Balaban J connectivity index is 3.11. The van der Waals surface area contributed by atoms with Crippen LogP contribution in [0, 0.1) is 0 Å². The van der Waals surface area contributed by atoms with E-state index in [0.29, 0.717) is 0 Å². The lowest BCUT2D eigenvalue weighted by Crippen LogP contribution is -2.41. The van der Waals surface area contributed by atoms with Gasteiger partial charge in [0.2, 0.25) is 0 Å². The van der Waals surface area contributed by atoms with Gasteiger partial charge in [0, 0.05) is 16.3 Å². The van der Waals surface area contributed by atoms with Gasteiger partial charge in [-0.25, -0.2) is 13.6 Å². The first-order valence-corrected chi connectivity index (χ1v) is 6.68. The highest BCUT2D eigenvalue weighted by Gasteiger charge is 2.35. The second-order valence-corrected chi connectivity index (χ2v) is 6.34. The number of nitrogens with two attached hydrogens (primary N) is 1. The first-order chi connectivity index (χ1) is 9.43. The molecular formula is C14H19ClF2N2O2. The summed E-state index contributed by atoms with van der Waals surface area (Å²) in [4.78, 5) is 11.8. The molecule has 3 N–H and O–H groups in total. The third-order valence-electron chi connectivity index (χ3n) is 2.65. The summed E-state index contributed by atoms with van der Waals surface area (Å²) in [6, 6.07) is 4.19. The molecule has 0 aliphatic carbocycles. The van der Waals surface area contributed by atoms with Gasteiger partial charge in [0.1, 0.15) is 11.1 Å². The topological polar surface area (TPSA) is 64.3 Å². The van der Waals surface area contributed by atoms with Crippen LogP contribution in [-0.2, 0) is 10.3 Å². The third-order valence-corrected chi connectivity index (χ3v) is 2.89. The molecule has 0 saturated heterocycles. The van der Waals surface area contributed by atoms with Crippen LogP contribution in [0.25, 0.3) is 0 Å². The monoisotopic (exact) mass is 320 g/mol. The maximum absolute atomic E-state index is 13.1. The minimum atomic E-state index is -2.82. The molecule has 1 amide bonds. The predicted octanol–water partition coefficient (Wildman–Crippen LogP) is 4.13. The average Bonchev–Trinajstić information content (AvgIpc) is 2.28. The van der Waals surface area contributed by atoms with E-state index in [1.165, 1.54) is 25.1 Å². The number of carbonyl (C=O) groups excluding carboxylic acids is 1. The van der Waals surface area contributed by atoms with Crippen LogP contribution in [0.5, 0.6) is 0 Å². The van der Waals surface area contributed by atoms with Crippen molar-refractivity contribution >= 4 is 23.4 Å². The molecule has 1 atom stereocenters. The van der Waals surface area contributed by atoms with E-state index in [9.17, 15) is 13.6 Å². The Bertz CT molecular complexity index is 528. The number of amides is 1. The quantitative estimate of drug-likeness (QED) is 0.880. The molecule has 0 radical (unpaired) electrons. The van der Waals surface area contributed by atoms with Gasteiger partial charge in [0.15, 0.2) is 0 Å². The molecule has 0 fully saturated rings. The molecule has 1 aromatic carbocycles. The Labute approximate surface area is 127 Å². The molecule has 1 aromatic rings. The summed E-state index contributed by atoms with van der Waals surface area (Å²) in [5.74, 6) is 0. The molecule has 7 heteroatoms. The van der Waals surface area contributed by atoms with Gasteiger partial charge < -0.3 is 10.5 Å². The fourth-order valence-electron chi connectivity index (χ4n) is 1.60. The summed E-state index contributed by atoms with van der Waals surface area (Å²) >= 11 is 5.83. The maximum atomic E-state index is 13.1. The Morgan fingerprint density at radius 2 is 1.90 bits per heavy atom. The number of benzene rings is 1. The van der Waals surface area contributed by atoms with Crippen molar-refractivity contribution in [1.82, 2.24) is 0 Å². The van der Waals surface area contributed by atoms with Crippen LogP contribution in [0.1, 0.15) is 33.3 Å². The van der Waals surface area contributed by atoms with E-state index in [-0.39, 0.29) is 16.3 Å². The fraction of sp³-hybridized carbons (Fsp3) is 0.500. The minimum Gasteiger partial charge on any atom is -0.444 e. The number of rotatable bonds is 3.